The summed E-state index contributed by atoms with van der Waals surface area (Å²) in [5.41, 5.74) is 5.77. The van der Waals surface area contributed by atoms with Gasteiger partial charge in [-0.3, -0.25) is 14.5 Å². The number of benzene rings is 2. The van der Waals surface area contributed by atoms with Crippen molar-refractivity contribution >= 4 is 17.4 Å². The van der Waals surface area contributed by atoms with Gasteiger partial charge in [-0.2, -0.15) is 5.10 Å². The summed E-state index contributed by atoms with van der Waals surface area (Å²) < 4.78 is 1.84. The third kappa shape index (κ3) is 4.54. The van der Waals surface area contributed by atoms with Gasteiger partial charge in [0, 0.05) is 55.5 Å². The molecule has 0 bridgehead atoms. The van der Waals surface area contributed by atoms with E-state index in [1.165, 1.54) is 16.7 Å². The molecule has 0 radical (unpaired) electrons. The minimum Gasteiger partial charge on any atom is -0.367 e. The Morgan fingerprint density at radius 1 is 0.938 bits per heavy atom. The Morgan fingerprint density at radius 2 is 1.72 bits per heavy atom. The van der Waals surface area contributed by atoms with Crippen molar-refractivity contribution in [2.75, 3.05) is 16.8 Å². The fraction of sp³-hybridized carbons (Fsp3) is 0.192. The smallest absolute Gasteiger partial charge is 0.256 e. The molecule has 4 aromatic rings. The number of rotatable bonds is 6. The average molecular weight is 424 g/mol. The summed E-state index contributed by atoms with van der Waals surface area (Å²) in [6, 6.07) is 22.2. The number of carbonyl (C=O) groups is 1. The number of aryl methyl sites for hydroxylation is 2. The van der Waals surface area contributed by atoms with Crippen LogP contribution in [0.25, 0.3) is 0 Å². The summed E-state index contributed by atoms with van der Waals surface area (Å²) in [5.74, 6) is 0.404. The first-order valence-electron chi connectivity index (χ1n) is 10.9. The molecule has 160 valence electrons. The topological polar surface area (TPSA) is 63.1 Å². The molecule has 1 aliphatic heterocycles. The van der Waals surface area contributed by atoms with E-state index in [9.17, 15) is 4.79 Å². The number of carbonyl (C=O) groups excluding carboxylic acids is 1. The van der Waals surface area contributed by atoms with Crippen LogP contribution in [-0.2, 0) is 25.9 Å². The van der Waals surface area contributed by atoms with Gasteiger partial charge in [0.25, 0.3) is 5.91 Å². The number of nitrogens with zero attached hydrogens (tertiary/aromatic N) is 4. The molecule has 3 heterocycles. The van der Waals surface area contributed by atoms with Crippen molar-refractivity contribution in [3.8, 4) is 0 Å². The first kappa shape index (κ1) is 20.0. The van der Waals surface area contributed by atoms with Crippen molar-refractivity contribution in [2.24, 2.45) is 0 Å². The first-order chi connectivity index (χ1) is 15.7. The number of amides is 1. The van der Waals surface area contributed by atoms with E-state index in [1.807, 2.05) is 53.3 Å². The van der Waals surface area contributed by atoms with E-state index in [0.717, 1.165) is 38.2 Å². The molecule has 0 atom stereocenters. The number of aromatic nitrogens is 3. The Bertz CT molecular complexity index is 1200. The zero-order chi connectivity index (χ0) is 21.8. The summed E-state index contributed by atoms with van der Waals surface area (Å²) in [7, 11) is 0. The van der Waals surface area contributed by atoms with E-state index in [1.54, 1.807) is 12.4 Å². The molecule has 0 fully saturated rings. The standard InChI is InChI=1S/C26H25N5O/c32-26(28-25-13-18-31(29-25)17-11-20-9-14-27-15-10-20)22-5-7-24(8-6-22)30-16-12-21-3-1-2-4-23(21)19-30/h1-10,13-15,18H,11-12,16-17,19H2,(H,28,29,32). The highest BCUT2D eigenvalue weighted by Crippen LogP contribution is 2.24. The molecule has 0 spiro atoms. The Morgan fingerprint density at radius 3 is 2.53 bits per heavy atom. The van der Waals surface area contributed by atoms with E-state index in [-0.39, 0.29) is 5.91 Å². The third-order valence-corrected chi connectivity index (χ3v) is 5.89. The van der Waals surface area contributed by atoms with Crippen molar-refractivity contribution in [1.29, 1.82) is 0 Å². The van der Waals surface area contributed by atoms with Crippen LogP contribution < -0.4 is 10.2 Å². The molecule has 5 rings (SSSR count). The second kappa shape index (κ2) is 9.06. The van der Waals surface area contributed by atoms with Crippen LogP contribution in [0.3, 0.4) is 0 Å². The van der Waals surface area contributed by atoms with Crippen LogP contribution >= 0.6 is 0 Å². The molecule has 32 heavy (non-hydrogen) atoms. The third-order valence-electron chi connectivity index (χ3n) is 5.89. The van der Waals surface area contributed by atoms with Crippen LogP contribution in [0.15, 0.2) is 85.3 Å². The average Bonchev–Trinajstić information content (AvgIpc) is 3.30. The number of pyridine rings is 1. The number of anilines is 2. The van der Waals surface area contributed by atoms with Gasteiger partial charge in [0.15, 0.2) is 5.82 Å². The van der Waals surface area contributed by atoms with E-state index >= 15 is 0 Å². The van der Waals surface area contributed by atoms with Gasteiger partial charge in [-0.25, -0.2) is 0 Å². The quantitative estimate of drug-likeness (QED) is 0.501. The lowest BCUT2D eigenvalue weighted by atomic mass is 9.99. The number of hydrogen-bond donors (Lipinski definition) is 1. The Balaban J connectivity index is 1.18. The van der Waals surface area contributed by atoms with Gasteiger partial charge in [-0.1, -0.05) is 24.3 Å². The molecule has 0 saturated carbocycles. The number of nitrogens with one attached hydrogen (secondary N) is 1. The molecular formula is C26H25N5O. The maximum Gasteiger partial charge on any atom is 0.256 e. The SMILES string of the molecule is O=C(Nc1ccn(CCc2ccncc2)n1)c1ccc(N2CCc3ccccc3C2)cc1. The van der Waals surface area contributed by atoms with E-state index in [0.29, 0.717) is 11.4 Å². The van der Waals surface area contributed by atoms with Gasteiger partial charge in [0.2, 0.25) is 0 Å². The second-order valence-corrected chi connectivity index (χ2v) is 8.01. The van der Waals surface area contributed by atoms with Gasteiger partial charge in [0.1, 0.15) is 0 Å². The minimum atomic E-state index is -0.153. The molecule has 1 N–H and O–H groups in total. The lowest BCUT2D eigenvalue weighted by molar-refractivity contribution is 0.102. The molecule has 2 aromatic heterocycles. The normalized spacial score (nSPS) is 12.9. The van der Waals surface area contributed by atoms with Crippen LogP contribution in [-0.4, -0.2) is 27.2 Å². The minimum absolute atomic E-state index is 0.153. The van der Waals surface area contributed by atoms with E-state index in [2.05, 4.69) is 44.6 Å². The summed E-state index contributed by atoms with van der Waals surface area (Å²) in [6.07, 6.45) is 7.37. The number of fused-ring (bicyclic) bond motifs is 1. The van der Waals surface area contributed by atoms with Crippen LogP contribution in [0.5, 0.6) is 0 Å². The van der Waals surface area contributed by atoms with Crippen LogP contribution in [0.2, 0.25) is 0 Å². The Labute approximate surface area is 187 Å². The van der Waals surface area contributed by atoms with Gasteiger partial charge in [-0.05, 0) is 65.9 Å². The lowest BCUT2D eigenvalue weighted by Gasteiger charge is -2.30. The summed E-state index contributed by atoms with van der Waals surface area (Å²) in [5, 5.41) is 7.36. The molecule has 1 aliphatic rings. The highest BCUT2D eigenvalue weighted by Gasteiger charge is 2.16. The summed E-state index contributed by atoms with van der Waals surface area (Å²) >= 11 is 0. The predicted molar refractivity (Wildman–Crippen MR) is 126 cm³/mol. The van der Waals surface area contributed by atoms with Crippen LogP contribution in [0.4, 0.5) is 11.5 Å². The fourth-order valence-corrected chi connectivity index (χ4v) is 4.07. The van der Waals surface area contributed by atoms with Crippen molar-refractivity contribution in [3.05, 3.63) is 108 Å². The molecule has 6 heteroatoms. The van der Waals surface area contributed by atoms with Crippen molar-refractivity contribution in [3.63, 3.8) is 0 Å². The Hall–Kier alpha value is -3.93. The van der Waals surface area contributed by atoms with Gasteiger partial charge in [0.05, 0.1) is 0 Å². The molecule has 0 unspecified atom stereocenters. The van der Waals surface area contributed by atoms with E-state index in [4.69, 9.17) is 0 Å². The van der Waals surface area contributed by atoms with Crippen LogP contribution in [0.1, 0.15) is 27.0 Å². The Kier molecular flexibility index (Phi) is 5.66. The highest BCUT2D eigenvalue weighted by atomic mass is 16.1. The highest BCUT2D eigenvalue weighted by molar-refractivity contribution is 6.03. The largest absolute Gasteiger partial charge is 0.367 e. The maximum atomic E-state index is 12.7. The van der Waals surface area contributed by atoms with Crippen LogP contribution in [0, 0.1) is 0 Å². The zero-order valence-corrected chi connectivity index (χ0v) is 17.8. The fourth-order valence-electron chi connectivity index (χ4n) is 4.07. The number of hydrogen-bond acceptors (Lipinski definition) is 4. The summed E-state index contributed by atoms with van der Waals surface area (Å²) in [4.78, 5) is 19.1. The van der Waals surface area contributed by atoms with Gasteiger partial charge < -0.3 is 10.2 Å². The van der Waals surface area contributed by atoms with Crippen molar-refractivity contribution in [2.45, 2.75) is 25.9 Å². The molecule has 2 aromatic carbocycles. The second-order valence-electron chi connectivity index (χ2n) is 8.01. The zero-order valence-electron chi connectivity index (χ0n) is 17.8. The lowest BCUT2D eigenvalue weighted by Crippen LogP contribution is -2.30. The molecular weight excluding hydrogens is 398 g/mol. The van der Waals surface area contributed by atoms with Gasteiger partial charge in [-0.15, -0.1) is 0 Å². The summed E-state index contributed by atoms with van der Waals surface area (Å²) in [6.45, 7) is 2.63. The predicted octanol–water partition coefficient (Wildman–Crippen LogP) is 4.34. The molecule has 0 saturated heterocycles. The molecule has 6 nitrogen and oxygen atoms in total. The van der Waals surface area contributed by atoms with Gasteiger partial charge >= 0.3 is 0 Å². The monoisotopic (exact) mass is 423 g/mol. The van der Waals surface area contributed by atoms with E-state index < -0.39 is 0 Å². The van der Waals surface area contributed by atoms with Crippen molar-refractivity contribution < 1.29 is 4.79 Å². The molecule has 1 amide bonds. The first-order valence-corrected chi connectivity index (χ1v) is 10.9. The van der Waals surface area contributed by atoms with Crippen molar-refractivity contribution in [1.82, 2.24) is 14.8 Å². The maximum absolute atomic E-state index is 12.7. The molecule has 0 aliphatic carbocycles.